The molecule has 0 aliphatic carbocycles. The highest BCUT2D eigenvalue weighted by atomic mass is 16.5. The fourth-order valence-corrected chi connectivity index (χ4v) is 2.23. The van der Waals surface area contributed by atoms with E-state index in [-0.39, 0.29) is 18.9 Å². The molecule has 0 unspecified atom stereocenters. The van der Waals surface area contributed by atoms with E-state index in [0.717, 1.165) is 22.4 Å². The summed E-state index contributed by atoms with van der Waals surface area (Å²) in [6.45, 7) is 6.45. The predicted molar refractivity (Wildman–Crippen MR) is 86.0 cm³/mol. The van der Waals surface area contributed by atoms with Crippen molar-refractivity contribution >= 4 is 18.0 Å². The van der Waals surface area contributed by atoms with Crippen LogP contribution in [0.1, 0.15) is 30.0 Å². The number of hydrogen-bond acceptors (Lipinski definition) is 3. The van der Waals surface area contributed by atoms with Gasteiger partial charge in [0.25, 0.3) is 0 Å². The van der Waals surface area contributed by atoms with Crippen molar-refractivity contribution in [1.29, 1.82) is 0 Å². The van der Waals surface area contributed by atoms with Gasteiger partial charge >= 0.3 is 5.97 Å². The van der Waals surface area contributed by atoms with Gasteiger partial charge in [0.2, 0.25) is 5.91 Å². The van der Waals surface area contributed by atoms with Crippen LogP contribution in [0.2, 0.25) is 0 Å². The van der Waals surface area contributed by atoms with Gasteiger partial charge in [0, 0.05) is 19.2 Å². The van der Waals surface area contributed by atoms with Crippen LogP contribution < -0.4 is 4.74 Å². The SMILES string of the molecule is CCN(CCC(=O)O)C(=O)/C=C/c1c(C)cc(OC)cc1C. The molecule has 0 atom stereocenters. The van der Waals surface area contributed by atoms with Crippen LogP contribution in [-0.2, 0) is 9.59 Å². The molecule has 1 amide bonds. The number of aryl methyl sites for hydroxylation is 2. The van der Waals surface area contributed by atoms with E-state index < -0.39 is 5.97 Å². The average molecular weight is 305 g/mol. The zero-order chi connectivity index (χ0) is 16.7. The van der Waals surface area contributed by atoms with Gasteiger partial charge in [-0.3, -0.25) is 9.59 Å². The molecule has 0 saturated heterocycles. The highest BCUT2D eigenvalue weighted by Gasteiger charge is 2.10. The van der Waals surface area contributed by atoms with Crippen LogP contribution in [0.25, 0.3) is 6.08 Å². The first-order valence-electron chi connectivity index (χ1n) is 7.23. The van der Waals surface area contributed by atoms with Crippen molar-refractivity contribution in [2.75, 3.05) is 20.2 Å². The Morgan fingerprint density at radius 3 is 2.32 bits per heavy atom. The molecular formula is C17H23NO4. The summed E-state index contributed by atoms with van der Waals surface area (Å²) < 4.78 is 5.21. The Hall–Kier alpha value is -2.30. The van der Waals surface area contributed by atoms with E-state index in [1.54, 1.807) is 13.2 Å². The van der Waals surface area contributed by atoms with Gasteiger partial charge in [0.15, 0.2) is 0 Å². The van der Waals surface area contributed by atoms with Gasteiger partial charge < -0.3 is 14.7 Å². The van der Waals surface area contributed by atoms with Crippen molar-refractivity contribution in [3.63, 3.8) is 0 Å². The number of carbonyl (C=O) groups excluding carboxylic acids is 1. The Kier molecular flexibility index (Phi) is 6.63. The number of aliphatic carboxylic acids is 1. The maximum atomic E-state index is 12.1. The van der Waals surface area contributed by atoms with Crippen molar-refractivity contribution in [3.05, 3.63) is 34.9 Å². The fourth-order valence-electron chi connectivity index (χ4n) is 2.23. The molecule has 0 aromatic heterocycles. The highest BCUT2D eigenvalue weighted by Crippen LogP contribution is 2.22. The van der Waals surface area contributed by atoms with Crippen molar-refractivity contribution < 1.29 is 19.4 Å². The van der Waals surface area contributed by atoms with Crippen LogP contribution in [0.15, 0.2) is 18.2 Å². The van der Waals surface area contributed by atoms with E-state index in [2.05, 4.69) is 0 Å². The average Bonchev–Trinajstić information content (AvgIpc) is 2.46. The molecule has 0 bridgehead atoms. The molecule has 5 heteroatoms. The molecule has 0 spiro atoms. The van der Waals surface area contributed by atoms with Crippen LogP contribution in [0.5, 0.6) is 5.75 Å². The molecule has 1 N–H and O–H groups in total. The number of methoxy groups -OCH3 is 1. The number of benzene rings is 1. The van der Waals surface area contributed by atoms with Crippen LogP contribution in [0.3, 0.4) is 0 Å². The summed E-state index contributed by atoms with van der Waals surface area (Å²) in [5, 5.41) is 8.70. The molecule has 1 aromatic rings. The zero-order valence-electron chi connectivity index (χ0n) is 13.5. The molecular weight excluding hydrogens is 282 g/mol. The van der Waals surface area contributed by atoms with Crippen molar-refractivity contribution in [2.45, 2.75) is 27.2 Å². The smallest absolute Gasteiger partial charge is 0.305 e. The second-order valence-corrected chi connectivity index (χ2v) is 5.07. The second-order valence-electron chi connectivity index (χ2n) is 5.07. The Bertz CT molecular complexity index is 555. The minimum absolute atomic E-state index is 0.0476. The molecule has 22 heavy (non-hydrogen) atoms. The summed E-state index contributed by atoms with van der Waals surface area (Å²) in [7, 11) is 1.62. The van der Waals surface area contributed by atoms with E-state index in [0.29, 0.717) is 6.54 Å². The number of carboxylic acids is 1. The molecule has 0 fully saturated rings. The van der Waals surface area contributed by atoms with Gasteiger partial charge in [-0.2, -0.15) is 0 Å². The lowest BCUT2D eigenvalue weighted by atomic mass is 10.0. The van der Waals surface area contributed by atoms with Gasteiger partial charge in [0.1, 0.15) is 5.75 Å². The molecule has 5 nitrogen and oxygen atoms in total. The standard InChI is InChI=1S/C17H23NO4/c1-5-18(9-8-17(20)21)16(19)7-6-15-12(2)10-14(22-4)11-13(15)3/h6-7,10-11H,5,8-9H2,1-4H3,(H,20,21)/b7-6+. The molecule has 120 valence electrons. The van der Waals surface area contributed by atoms with E-state index in [1.165, 1.54) is 11.0 Å². The van der Waals surface area contributed by atoms with Crippen molar-refractivity contribution in [2.24, 2.45) is 0 Å². The first-order chi connectivity index (χ1) is 10.4. The van der Waals surface area contributed by atoms with Gasteiger partial charge in [-0.15, -0.1) is 0 Å². The fraction of sp³-hybridized carbons (Fsp3) is 0.412. The number of carbonyl (C=O) groups is 2. The van der Waals surface area contributed by atoms with Gasteiger partial charge in [-0.1, -0.05) is 0 Å². The van der Waals surface area contributed by atoms with Gasteiger partial charge in [0.05, 0.1) is 13.5 Å². The molecule has 0 saturated carbocycles. The summed E-state index contributed by atoms with van der Waals surface area (Å²) in [5.41, 5.74) is 3.02. The lowest BCUT2D eigenvalue weighted by Crippen LogP contribution is -2.31. The van der Waals surface area contributed by atoms with E-state index in [1.807, 2.05) is 32.9 Å². The summed E-state index contributed by atoms with van der Waals surface area (Å²) >= 11 is 0. The minimum atomic E-state index is -0.905. The van der Waals surface area contributed by atoms with Crippen molar-refractivity contribution in [1.82, 2.24) is 4.90 Å². The van der Waals surface area contributed by atoms with Crippen LogP contribution >= 0.6 is 0 Å². The second kappa shape index (κ2) is 8.22. The van der Waals surface area contributed by atoms with Crippen molar-refractivity contribution in [3.8, 4) is 5.75 Å². The molecule has 1 rings (SSSR count). The number of ether oxygens (including phenoxy) is 1. The molecule has 1 aromatic carbocycles. The quantitative estimate of drug-likeness (QED) is 0.786. The monoisotopic (exact) mass is 305 g/mol. The summed E-state index contributed by atoms with van der Waals surface area (Å²) in [6, 6.07) is 3.83. The number of likely N-dealkylation sites (N-methyl/N-ethyl adjacent to an activating group) is 1. The highest BCUT2D eigenvalue weighted by molar-refractivity contribution is 5.92. The summed E-state index contributed by atoms with van der Waals surface area (Å²) in [6.07, 6.45) is 3.22. The normalized spacial score (nSPS) is 10.7. The molecule has 0 aliphatic rings. The number of carboxylic acid groups (broad SMARTS) is 1. The van der Waals surface area contributed by atoms with E-state index >= 15 is 0 Å². The summed E-state index contributed by atoms with van der Waals surface area (Å²) in [5.74, 6) is -0.300. The Balaban J connectivity index is 2.86. The Morgan fingerprint density at radius 2 is 1.86 bits per heavy atom. The first kappa shape index (κ1) is 17.8. The van der Waals surface area contributed by atoms with E-state index in [9.17, 15) is 9.59 Å². The zero-order valence-corrected chi connectivity index (χ0v) is 13.5. The number of rotatable bonds is 7. The maximum absolute atomic E-state index is 12.1. The number of hydrogen-bond donors (Lipinski definition) is 1. The first-order valence-corrected chi connectivity index (χ1v) is 7.23. The third kappa shape index (κ3) is 4.91. The molecule has 0 aliphatic heterocycles. The molecule has 0 heterocycles. The van der Waals surface area contributed by atoms with E-state index in [4.69, 9.17) is 9.84 Å². The van der Waals surface area contributed by atoms with Gasteiger partial charge in [-0.05, 0) is 55.7 Å². The minimum Gasteiger partial charge on any atom is -0.497 e. The lowest BCUT2D eigenvalue weighted by Gasteiger charge is -2.18. The van der Waals surface area contributed by atoms with Gasteiger partial charge in [-0.25, -0.2) is 0 Å². The Labute approximate surface area is 131 Å². The maximum Gasteiger partial charge on any atom is 0.305 e. The number of amides is 1. The summed E-state index contributed by atoms with van der Waals surface area (Å²) in [4.78, 5) is 24.2. The lowest BCUT2D eigenvalue weighted by molar-refractivity contribution is -0.137. The largest absolute Gasteiger partial charge is 0.497 e. The third-order valence-electron chi connectivity index (χ3n) is 3.48. The molecule has 0 radical (unpaired) electrons. The third-order valence-corrected chi connectivity index (χ3v) is 3.48. The number of nitrogens with zero attached hydrogens (tertiary/aromatic N) is 1. The topological polar surface area (TPSA) is 66.8 Å². The predicted octanol–water partition coefficient (Wildman–Crippen LogP) is 2.65. The Morgan fingerprint density at radius 1 is 1.27 bits per heavy atom. The van der Waals surface area contributed by atoms with Crippen LogP contribution in [-0.4, -0.2) is 42.1 Å². The van der Waals surface area contributed by atoms with Crippen LogP contribution in [0, 0.1) is 13.8 Å². The van der Waals surface area contributed by atoms with Crippen LogP contribution in [0.4, 0.5) is 0 Å².